The van der Waals surface area contributed by atoms with E-state index in [0.29, 0.717) is 6.42 Å². The highest BCUT2D eigenvalue weighted by molar-refractivity contribution is 5.93. The minimum absolute atomic E-state index is 0.156. The molecule has 1 N–H and O–H groups in total. The molecule has 0 saturated carbocycles. The maximum absolute atomic E-state index is 11.7. The van der Waals surface area contributed by atoms with E-state index in [2.05, 4.69) is 11.8 Å². The van der Waals surface area contributed by atoms with E-state index < -0.39 is 6.10 Å². The van der Waals surface area contributed by atoms with Gasteiger partial charge in [-0.15, -0.1) is 0 Å². The van der Waals surface area contributed by atoms with Crippen molar-refractivity contribution in [3.05, 3.63) is 35.9 Å². The zero-order valence-electron chi connectivity index (χ0n) is 11.0. The Labute approximate surface area is 114 Å². The number of hydrogen-bond acceptors (Lipinski definition) is 2. The van der Waals surface area contributed by atoms with Gasteiger partial charge < -0.3 is 10.0 Å². The highest BCUT2D eigenvalue weighted by Gasteiger charge is 2.15. The molecule has 1 unspecified atom stereocenters. The van der Waals surface area contributed by atoms with E-state index in [1.54, 1.807) is 4.90 Å². The fourth-order valence-corrected chi connectivity index (χ4v) is 2.16. The molecule has 3 nitrogen and oxygen atoms in total. The number of hydrogen-bond donors (Lipinski definition) is 1. The molecular weight excluding hydrogens is 238 g/mol. The van der Waals surface area contributed by atoms with Gasteiger partial charge in [-0.3, -0.25) is 4.79 Å². The number of carbonyl (C=O) groups is 1. The molecule has 1 aliphatic rings. The Bertz CT molecular complexity index is 467. The van der Waals surface area contributed by atoms with Gasteiger partial charge in [-0.05, 0) is 37.2 Å². The first-order chi connectivity index (χ1) is 9.25. The molecule has 3 heteroatoms. The summed E-state index contributed by atoms with van der Waals surface area (Å²) in [6.45, 7) is 1.60. The Morgan fingerprint density at radius 3 is 2.63 bits per heavy atom. The van der Waals surface area contributed by atoms with Crippen molar-refractivity contribution in [3.63, 3.8) is 0 Å². The van der Waals surface area contributed by atoms with E-state index in [9.17, 15) is 9.90 Å². The van der Waals surface area contributed by atoms with Gasteiger partial charge in [0.05, 0.1) is 0 Å². The average Bonchev–Trinajstić information content (AvgIpc) is 2.98. The van der Waals surface area contributed by atoms with Crippen LogP contribution in [-0.2, 0) is 11.2 Å². The number of likely N-dealkylation sites (tertiary alicyclic amines) is 1. The third-order valence-electron chi connectivity index (χ3n) is 3.29. The average molecular weight is 257 g/mol. The lowest BCUT2D eigenvalue weighted by atomic mass is 10.1. The molecule has 1 amide bonds. The summed E-state index contributed by atoms with van der Waals surface area (Å²) < 4.78 is 0. The Morgan fingerprint density at radius 2 is 1.95 bits per heavy atom. The summed E-state index contributed by atoms with van der Waals surface area (Å²) in [7, 11) is 0. The first-order valence-corrected chi connectivity index (χ1v) is 6.78. The number of rotatable bonds is 3. The molecule has 1 aliphatic heterocycles. The lowest BCUT2D eigenvalue weighted by Gasteiger charge is -2.10. The Balaban J connectivity index is 1.78. The molecule has 1 atom stereocenters. The summed E-state index contributed by atoms with van der Waals surface area (Å²) in [5, 5.41) is 9.76. The van der Waals surface area contributed by atoms with Crippen LogP contribution in [0.2, 0.25) is 0 Å². The summed E-state index contributed by atoms with van der Waals surface area (Å²) in [6.07, 6.45) is 2.72. The van der Waals surface area contributed by atoms with Crippen LogP contribution in [0.15, 0.2) is 30.3 Å². The molecule has 1 aromatic carbocycles. The van der Waals surface area contributed by atoms with E-state index in [1.165, 1.54) is 5.56 Å². The third-order valence-corrected chi connectivity index (χ3v) is 3.29. The van der Waals surface area contributed by atoms with Gasteiger partial charge in [0.15, 0.2) is 0 Å². The minimum Gasteiger partial charge on any atom is -0.380 e. The fourth-order valence-electron chi connectivity index (χ4n) is 2.16. The van der Waals surface area contributed by atoms with Gasteiger partial charge in [0.2, 0.25) is 0 Å². The SMILES string of the molecule is O=C(C#CC(O)CCc1ccccc1)N1CCCC1. The van der Waals surface area contributed by atoms with E-state index in [-0.39, 0.29) is 5.91 Å². The van der Waals surface area contributed by atoms with Gasteiger partial charge in [0.1, 0.15) is 6.10 Å². The summed E-state index contributed by atoms with van der Waals surface area (Å²) >= 11 is 0. The van der Waals surface area contributed by atoms with E-state index in [4.69, 9.17) is 0 Å². The van der Waals surface area contributed by atoms with E-state index in [1.807, 2.05) is 30.3 Å². The van der Waals surface area contributed by atoms with Crippen LogP contribution < -0.4 is 0 Å². The first-order valence-electron chi connectivity index (χ1n) is 6.78. The normalized spacial score (nSPS) is 15.7. The topological polar surface area (TPSA) is 40.5 Å². The largest absolute Gasteiger partial charge is 0.380 e. The van der Waals surface area contributed by atoms with Crippen molar-refractivity contribution in [2.24, 2.45) is 0 Å². The van der Waals surface area contributed by atoms with Gasteiger partial charge >= 0.3 is 0 Å². The van der Waals surface area contributed by atoms with E-state index in [0.717, 1.165) is 32.4 Å². The molecule has 1 fully saturated rings. The number of amides is 1. The predicted octanol–water partition coefficient (Wildman–Crippen LogP) is 1.61. The third kappa shape index (κ3) is 4.42. The quantitative estimate of drug-likeness (QED) is 0.836. The molecular formula is C16H19NO2. The van der Waals surface area contributed by atoms with Crippen LogP contribution in [0.3, 0.4) is 0 Å². The van der Waals surface area contributed by atoms with Gasteiger partial charge in [-0.25, -0.2) is 0 Å². The van der Waals surface area contributed by atoms with Crippen molar-refractivity contribution in [1.82, 2.24) is 4.90 Å². The van der Waals surface area contributed by atoms with Gasteiger partial charge in [-0.1, -0.05) is 36.3 Å². The second-order valence-electron chi connectivity index (χ2n) is 4.81. The van der Waals surface area contributed by atoms with Crippen molar-refractivity contribution in [3.8, 4) is 11.8 Å². The summed E-state index contributed by atoms with van der Waals surface area (Å²) in [6, 6.07) is 9.97. The van der Waals surface area contributed by atoms with Crippen LogP contribution in [0.4, 0.5) is 0 Å². The van der Waals surface area contributed by atoms with Crippen LogP contribution in [0.25, 0.3) is 0 Å². The number of nitrogens with zero attached hydrogens (tertiary/aromatic N) is 1. The summed E-state index contributed by atoms with van der Waals surface area (Å²) in [4.78, 5) is 13.4. The maximum Gasteiger partial charge on any atom is 0.298 e. The highest BCUT2D eigenvalue weighted by Crippen LogP contribution is 2.07. The summed E-state index contributed by atoms with van der Waals surface area (Å²) in [5.41, 5.74) is 1.18. The van der Waals surface area contributed by atoms with Crippen molar-refractivity contribution < 1.29 is 9.90 Å². The number of benzene rings is 1. The lowest BCUT2D eigenvalue weighted by molar-refractivity contribution is -0.124. The molecule has 2 rings (SSSR count). The zero-order chi connectivity index (χ0) is 13.5. The fraction of sp³-hybridized carbons (Fsp3) is 0.438. The van der Waals surface area contributed by atoms with Crippen molar-refractivity contribution in [2.75, 3.05) is 13.1 Å². The number of carbonyl (C=O) groups excluding carboxylic acids is 1. The Morgan fingerprint density at radius 1 is 1.26 bits per heavy atom. The molecule has 0 radical (unpaired) electrons. The molecule has 0 spiro atoms. The monoisotopic (exact) mass is 257 g/mol. The summed E-state index contributed by atoms with van der Waals surface area (Å²) in [5.74, 6) is 5.04. The molecule has 100 valence electrons. The molecule has 1 heterocycles. The first kappa shape index (κ1) is 13.6. The number of aryl methyl sites for hydroxylation is 1. The van der Waals surface area contributed by atoms with Crippen molar-refractivity contribution >= 4 is 5.91 Å². The molecule has 19 heavy (non-hydrogen) atoms. The van der Waals surface area contributed by atoms with Gasteiger partial charge in [0, 0.05) is 13.1 Å². The smallest absolute Gasteiger partial charge is 0.298 e. The van der Waals surface area contributed by atoms with Crippen LogP contribution in [0.5, 0.6) is 0 Å². The van der Waals surface area contributed by atoms with Crippen LogP contribution in [0, 0.1) is 11.8 Å². The van der Waals surface area contributed by atoms with Crippen LogP contribution in [0.1, 0.15) is 24.8 Å². The van der Waals surface area contributed by atoms with Crippen molar-refractivity contribution in [2.45, 2.75) is 31.8 Å². The maximum atomic E-state index is 11.7. The molecule has 0 aromatic heterocycles. The van der Waals surface area contributed by atoms with Crippen LogP contribution in [-0.4, -0.2) is 35.1 Å². The number of aliphatic hydroxyl groups excluding tert-OH is 1. The predicted molar refractivity (Wildman–Crippen MR) is 74.4 cm³/mol. The standard InChI is InChI=1S/C16H19NO2/c18-15(9-8-14-6-2-1-3-7-14)10-11-16(19)17-12-4-5-13-17/h1-3,6-7,15,18H,4-5,8-9,12-13H2. The second kappa shape index (κ2) is 6.96. The van der Waals surface area contributed by atoms with Crippen LogP contribution >= 0.6 is 0 Å². The lowest BCUT2D eigenvalue weighted by Crippen LogP contribution is -2.26. The Hall–Kier alpha value is -1.79. The van der Waals surface area contributed by atoms with E-state index >= 15 is 0 Å². The molecule has 1 saturated heterocycles. The van der Waals surface area contributed by atoms with Gasteiger partial charge in [-0.2, -0.15) is 0 Å². The minimum atomic E-state index is -0.730. The molecule has 0 aliphatic carbocycles. The van der Waals surface area contributed by atoms with Crippen molar-refractivity contribution in [1.29, 1.82) is 0 Å². The highest BCUT2D eigenvalue weighted by atomic mass is 16.3. The second-order valence-corrected chi connectivity index (χ2v) is 4.81. The Kier molecular flexibility index (Phi) is 5.00. The zero-order valence-corrected chi connectivity index (χ0v) is 11.0. The van der Waals surface area contributed by atoms with Gasteiger partial charge in [0.25, 0.3) is 5.91 Å². The number of aliphatic hydroxyl groups is 1. The molecule has 0 bridgehead atoms. The molecule has 1 aromatic rings.